The first-order valence-corrected chi connectivity index (χ1v) is 12.6. The van der Waals surface area contributed by atoms with Crippen LogP contribution in [-0.2, 0) is 29.0 Å². The molecule has 0 saturated carbocycles. The monoisotopic (exact) mass is 490 g/mol. The molecule has 0 bridgehead atoms. The topological polar surface area (TPSA) is 49.4 Å². The van der Waals surface area contributed by atoms with Crippen molar-refractivity contribution in [2.75, 3.05) is 0 Å². The summed E-state index contributed by atoms with van der Waals surface area (Å²) >= 11 is 6.49. The summed E-state index contributed by atoms with van der Waals surface area (Å²) in [5.74, 6) is -0.251. The Morgan fingerprint density at radius 1 is 0.914 bits per heavy atom. The molecule has 5 heteroatoms. The molecule has 0 radical (unpaired) electrons. The molecule has 3 aromatic carbocycles. The molecule has 184 valence electrons. The van der Waals surface area contributed by atoms with Crippen molar-refractivity contribution in [2.45, 2.75) is 65.6 Å². The molecule has 2 atom stereocenters. The van der Waals surface area contributed by atoms with Crippen LogP contribution in [0.4, 0.5) is 0 Å². The third kappa shape index (κ3) is 7.69. The molecule has 1 N–H and O–H groups in total. The van der Waals surface area contributed by atoms with Crippen LogP contribution in [0.5, 0.6) is 0 Å². The molecule has 0 aromatic heterocycles. The van der Waals surface area contributed by atoms with Gasteiger partial charge in [-0.2, -0.15) is 0 Å². The van der Waals surface area contributed by atoms with Crippen LogP contribution < -0.4 is 5.32 Å². The van der Waals surface area contributed by atoms with Gasteiger partial charge in [0.2, 0.25) is 11.8 Å². The summed E-state index contributed by atoms with van der Waals surface area (Å²) in [4.78, 5) is 29.1. The van der Waals surface area contributed by atoms with Gasteiger partial charge in [-0.05, 0) is 49.9 Å². The maximum Gasteiger partial charge on any atom is 0.243 e. The zero-order valence-corrected chi connectivity index (χ0v) is 21.8. The van der Waals surface area contributed by atoms with Crippen molar-refractivity contribution in [1.82, 2.24) is 10.2 Å². The van der Waals surface area contributed by atoms with Gasteiger partial charge in [-0.25, -0.2) is 0 Å². The number of nitrogens with one attached hydrogen (secondary N) is 1. The minimum absolute atomic E-state index is 0.0115. The molecule has 2 amide bonds. The van der Waals surface area contributed by atoms with Crippen molar-refractivity contribution in [2.24, 2.45) is 0 Å². The Bertz CT molecular complexity index is 1130. The Kier molecular flexibility index (Phi) is 9.50. The van der Waals surface area contributed by atoms with Crippen molar-refractivity contribution in [3.8, 4) is 0 Å². The van der Waals surface area contributed by atoms with E-state index in [0.29, 0.717) is 11.4 Å². The lowest BCUT2D eigenvalue weighted by molar-refractivity contribution is -0.141. The number of halogens is 1. The quantitative estimate of drug-likeness (QED) is 0.376. The first-order chi connectivity index (χ1) is 16.8. The molecule has 0 saturated heterocycles. The zero-order valence-electron chi connectivity index (χ0n) is 21.1. The van der Waals surface area contributed by atoms with Crippen LogP contribution in [-0.4, -0.2) is 28.8 Å². The van der Waals surface area contributed by atoms with Crippen LogP contribution >= 0.6 is 11.6 Å². The van der Waals surface area contributed by atoms with Gasteiger partial charge in [0.15, 0.2) is 0 Å². The summed E-state index contributed by atoms with van der Waals surface area (Å²) in [6.45, 7) is 8.33. The smallest absolute Gasteiger partial charge is 0.243 e. The van der Waals surface area contributed by atoms with E-state index in [1.807, 2.05) is 94.4 Å². The van der Waals surface area contributed by atoms with E-state index in [-0.39, 0.29) is 30.8 Å². The van der Waals surface area contributed by atoms with Gasteiger partial charge in [0, 0.05) is 24.0 Å². The van der Waals surface area contributed by atoms with Gasteiger partial charge >= 0.3 is 0 Å². The summed E-state index contributed by atoms with van der Waals surface area (Å²) in [6, 6.07) is 22.8. The highest BCUT2D eigenvalue weighted by molar-refractivity contribution is 6.31. The number of benzene rings is 3. The lowest BCUT2D eigenvalue weighted by atomic mass is 10.00. The van der Waals surface area contributed by atoms with Crippen molar-refractivity contribution >= 4 is 23.4 Å². The van der Waals surface area contributed by atoms with Gasteiger partial charge in [-0.15, -0.1) is 0 Å². The summed E-state index contributed by atoms with van der Waals surface area (Å²) < 4.78 is 0. The largest absolute Gasteiger partial charge is 0.352 e. The highest BCUT2D eigenvalue weighted by atomic mass is 35.5. The number of hydrogen-bond donors (Lipinski definition) is 1. The second-order valence-corrected chi connectivity index (χ2v) is 9.72. The highest BCUT2D eigenvalue weighted by Crippen LogP contribution is 2.22. The molecule has 0 spiro atoms. The third-order valence-electron chi connectivity index (χ3n) is 6.21. The highest BCUT2D eigenvalue weighted by Gasteiger charge is 2.31. The molecule has 35 heavy (non-hydrogen) atoms. The van der Waals surface area contributed by atoms with Gasteiger partial charge in [0.05, 0.1) is 6.42 Å². The van der Waals surface area contributed by atoms with E-state index < -0.39 is 6.04 Å². The number of hydrogen-bond acceptors (Lipinski definition) is 2. The van der Waals surface area contributed by atoms with Gasteiger partial charge in [-0.3, -0.25) is 9.59 Å². The van der Waals surface area contributed by atoms with Crippen LogP contribution in [0.15, 0.2) is 72.8 Å². The molecule has 0 aliphatic rings. The first-order valence-electron chi connectivity index (χ1n) is 12.2. The van der Waals surface area contributed by atoms with Crippen molar-refractivity contribution < 1.29 is 9.59 Å². The van der Waals surface area contributed by atoms with Crippen LogP contribution in [0, 0.1) is 13.8 Å². The minimum atomic E-state index is -0.666. The van der Waals surface area contributed by atoms with Crippen molar-refractivity contribution in [3.05, 3.63) is 106 Å². The molecule has 0 aliphatic heterocycles. The van der Waals surface area contributed by atoms with Gasteiger partial charge in [0.25, 0.3) is 0 Å². The summed E-state index contributed by atoms with van der Waals surface area (Å²) in [7, 11) is 0. The molecule has 0 fully saturated rings. The first kappa shape index (κ1) is 26.5. The Morgan fingerprint density at radius 3 is 2.17 bits per heavy atom. The summed E-state index contributed by atoms with van der Waals surface area (Å²) in [5, 5.41) is 3.68. The standard InChI is InChI=1S/C30H35ClN2O2/c1-5-23(4)32-30(35)28(18-24-11-7-6-8-12-24)33(20-26-13-9-10-14-27(26)31)29(34)19-25-16-21(2)15-22(3)17-25/h6-17,23,28H,5,18-20H2,1-4H3,(H,32,35)/t23-,28-/m0/s1. The second-order valence-electron chi connectivity index (χ2n) is 9.31. The fraction of sp³-hybridized carbons (Fsp3) is 0.333. The minimum Gasteiger partial charge on any atom is -0.352 e. The molecule has 0 aliphatic carbocycles. The van der Waals surface area contributed by atoms with Gasteiger partial charge in [-0.1, -0.05) is 96.4 Å². The van der Waals surface area contributed by atoms with E-state index in [2.05, 4.69) is 11.4 Å². The number of nitrogens with zero attached hydrogens (tertiary/aromatic N) is 1. The van der Waals surface area contributed by atoms with E-state index in [9.17, 15) is 9.59 Å². The van der Waals surface area contributed by atoms with E-state index in [4.69, 9.17) is 11.6 Å². The number of aryl methyl sites for hydroxylation is 2. The Morgan fingerprint density at radius 2 is 1.54 bits per heavy atom. The average molecular weight is 491 g/mol. The molecule has 0 unspecified atom stereocenters. The molecule has 3 rings (SSSR count). The van der Waals surface area contributed by atoms with E-state index in [1.54, 1.807) is 4.90 Å². The predicted octanol–water partition coefficient (Wildman–Crippen LogP) is 6.05. The summed E-state index contributed by atoms with van der Waals surface area (Å²) in [5.41, 5.74) is 4.98. The summed E-state index contributed by atoms with van der Waals surface area (Å²) in [6.07, 6.45) is 1.45. The van der Waals surface area contributed by atoms with Crippen LogP contribution in [0.25, 0.3) is 0 Å². The number of carbonyl (C=O) groups excluding carboxylic acids is 2. The van der Waals surface area contributed by atoms with Crippen LogP contribution in [0.3, 0.4) is 0 Å². The normalized spacial score (nSPS) is 12.6. The van der Waals surface area contributed by atoms with E-state index in [1.165, 1.54) is 0 Å². The lowest BCUT2D eigenvalue weighted by Crippen LogP contribution is -2.52. The van der Waals surface area contributed by atoms with Crippen molar-refractivity contribution in [3.63, 3.8) is 0 Å². The SMILES string of the molecule is CC[C@H](C)NC(=O)[C@H](Cc1ccccc1)N(Cc1ccccc1Cl)C(=O)Cc1cc(C)cc(C)c1. The average Bonchev–Trinajstić information content (AvgIpc) is 2.82. The molecular weight excluding hydrogens is 456 g/mol. The molecular formula is C30H35ClN2O2. The molecule has 0 heterocycles. The van der Waals surface area contributed by atoms with E-state index in [0.717, 1.165) is 34.2 Å². The molecule has 4 nitrogen and oxygen atoms in total. The Labute approximate surface area is 214 Å². The number of rotatable bonds is 10. The predicted molar refractivity (Wildman–Crippen MR) is 143 cm³/mol. The third-order valence-corrected chi connectivity index (χ3v) is 6.58. The number of amides is 2. The van der Waals surface area contributed by atoms with Crippen LogP contribution in [0.2, 0.25) is 5.02 Å². The van der Waals surface area contributed by atoms with Crippen molar-refractivity contribution in [1.29, 1.82) is 0 Å². The molecule has 3 aromatic rings. The Balaban J connectivity index is 2.00. The lowest BCUT2D eigenvalue weighted by Gasteiger charge is -2.32. The van der Waals surface area contributed by atoms with Gasteiger partial charge in [0.1, 0.15) is 6.04 Å². The fourth-order valence-corrected chi connectivity index (χ4v) is 4.45. The fourth-order valence-electron chi connectivity index (χ4n) is 4.25. The number of carbonyl (C=O) groups is 2. The maximum absolute atomic E-state index is 13.8. The maximum atomic E-state index is 13.8. The van der Waals surface area contributed by atoms with Crippen LogP contribution in [0.1, 0.15) is 48.1 Å². The zero-order chi connectivity index (χ0) is 25.4. The van der Waals surface area contributed by atoms with E-state index >= 15 is 0 Å². The van der Waals surface area contributed by atoms with Gasteiger partial charge < -0.3 is 10.2 Å². The second kappa shape index (κ2) is 12.6. The Hall–Kier alpha value is -3.11.